The van der Waals surface area contributed by atoms with Gasteiger partial charge in [-0.1, -0.05) is 29.3 Å². The Morgan fingerprint density at radius 2 is 2.03 bits per heavy atom. The number of hydrogen-bond donors (Lipinski definition) is 2. The largest absolute Gasteiger partial charge is 0.368 e. The first-order valence-electron chi connectivity index (χ1n) is 10.6. The van der Waals surface area contributed by atoms with Crippen molar-refractivity contribution in [2.24, 2.45) is 5.73 Å². The number of halogens is 2. The van der Waals surface area contributed by atoms with Gasteiger partial charge in [0.05, 0.1) is 21.6 Å². The van der Waals surface area contributed by atoms with Gasteiger partial charge in [0.25, 0.3) is 5.91 Å². The summed E-state index contributed by atoms with van der Waals surface area (Å²) in [7, 11) is 0. The quantitative estimate of drug-likeness (QED) is 0.394. The lowest BCUT2D eigenvalue weighted by Crippen LogP contribution is -2.43. The SMILES string of the molecule is NC(=O)[C@@H]1CCCN1C(=O)c1ccc(-c2cc(NCc3ccc(Cl)cc3Cl)n3nccc3n2)s1. The molecule has 5 rings (SSSR count). The highest BCUT2D eigenvalue weighted by Crippen LogP contribution is 2.31. The van der Waals surface area contributed by atoms with Gasteiger partial charge < -0.3 is 16.0 Å². The maximum absolute atomic E-state index is 13.0. The van der Waals surface area contributed by atoms with E-state index in [-0.39, 0.29) is 5.91 Å². The van der Waals surface area contributed by atoms with Crippen LogP contribution in [0.15, 0.2) is 48.7 Å². The van der Waals surface area contributed by atoms with Gasteiger partial charge in [0.1, 0.15) is 11.9 Å². The summed E-state index contributed by atoms with van der Waals surface area (Å²) in [5.41, 5.74) is 7.74. The third kappa shape index (κ3) is 4.34. The fourth-order valence-corrected chi connectivity index (χ4v) is 5.45. The topological polar surface area (TPSA) is 106 Å². The Labute approximate surface area is 209 Å². The van der Waals surface area contributed by atoms with Crippen molar-refractivity contribution in [3.05, 3.63) is 69.1 Å². The van der Waals surface area contributed by atoms with Crippen LogP contribution in [-0.2, 0) is 11.3 Å². The summed E-state index contributed by atoms with van der Waals surface area (Å²) < 4.78 is 1.70. The molecule has 0 spiro atoms. The number of rotatable bonds is 6. The van der Waals surface area contributed by atoms with Crippen LogP contribution >= 0.6 is 34.5 Å². The Bertz CT molecular complexity index is 1400. The average Bonchev–Trinajstić information content (AvgIpc) is 3.58. The summed E-state index contributed by atoms with van der Waals surface area (Å²) in [5, 5.41) is 8.86. The maximum Gasteiger partial charge on any atom is 0.264 e. The van der Waals surface area contributed by atoms with E-state index in [2.05, 4.69) is 10.4 Å². The van der Waals surface area contributed by atoms with Crippen molar-refractivity contribution in [3.63, 3.8) is 0 Å². The number of likely N-dealkylation sites (tertiary alicyclic amines) is 1. The standard InChI is InChI=1S/C23H20Cl2N6O2S/c24-14-4-3-13(15(25)10-14)12-27-21-11-16(29-20-7-8-28-31(20)21)18-5-6-19(34-18)23(33)30-9-1-2-17(30)22(26)32/h3-8,10-11,17,27H,1-2,9,12H2,(H2,26,32)/t17-/m0/s1. The smallest absolute Gasteiger partial charge is 0.264 e. The molecule has 1 aromatic carbocycles. The molecule has 1 aliphatic rings. The Morgan fingerprint density at radius 3 is 2.82 bits per heavy atom. The van der Waals surface area contributed by atoms with Gasteiger partial charge in [-0.05, 0) is 42.7 Å². The number of amides is 2. The molecular formula is C23H20Cl2N6O2S. The summed E-state index contributed by atoms with van der Waals surface area (Å²) in [5.74, 6) is 0.0799. The Kier molecular flexibility index (Phi) is 6.16. The van der Waals surface area contributed by atoms with Crippen molar-refractivity contribution in [1.29, 1.82) is 0 Å². The lowest BCUT2D eigenvalue weighted by atomic mass is 10.2. The molecule has 11 heteroatoms. The zero-order valence-corrected chi connectivity index (χ0v) is 20.2. The fourth-order valence-electron chi connectivity index (χ4n) is 4.05. The second-order valence-electron chi connectivity index (χ2n) is 7.94. The Morgan fingerprint density at radius 1 is 1.18 bits per heavy atom. The van der Waals surface area contributed by atoms with E-state index >= 15 is 0 Å². The molecule has 1 saturated heterocycles. The molecule has 4 aromatic rings. The fraction of sp³-hybridized carbons (Fsp3) is 0.217. The summed E-state index contributed by atoms with van der Waals surface area (Å²) in [6.45, 7) is 0.993. The van der Waals surface area contributed by atoms with Gasteiger partial charge in [-0.2, -0.15) is 9.61 Å². The molecule has 0 radical (unpaired) electrons. The summed E-state index contributed by atoms with van der Waals surface area (Å²) in [6, 6.07) is 12.1. The van der Waals surface area contributed by atoms with Crippen molar-refractivity contribution in [1.82, 2.24) is 19.5 Å². The number of thiophene rings is 1. The Hall–Kier alpha value is -3.14. The number of anilines is 1. The minimum Gasteiger partial charge on any atom is -0.368 e. The summed E-state index contributed by atoms with van der Waals surface area (Å²) >= 11 is 13.6. The molecule has 0 saturated carbocycles. The van der Waals surface area contributed by atoms with E-state index in [1.165, 1.54) is 11.3 Å². The summed E-state index contributed by atoms with van der Waals surface area (Å²) in [6.07, 6.45) is 3.04. The first-order valence-corrected chi connectivity index (χ1v) is 12.2. The third-order valence-electron chi connectivity index (χ3n) is 5.75. The van der Waals surface area contributed by atoms with Crippen LogP contribution < -0.4 is 11.1 Å². The van der Waals surface area contributed by atoms with Crippen molar-refractivity contribution < 1.29 is 9.59 Å². The van der Waals surface area contributed by atoms with Gasteiger partial charge in [-0.25, -0.2) is 4.98 Å². The molecule has 0 bridgehead atoms. The van der Waals surface area contributed by atoms with E-state index in [1.807, 2.05) is 24.3 Å². The highest BCUT2D eigenvalue weighted by molar-refractivity contribution is 7.17. The molecule has 0 aliphatic carbocycles. The van der Waals surface area contributed by atoms with Crippen LogP contribution in [0.5, 0.6) is 0 Å². The van der Waals surface area contributed by atoms with E-state index in [9.17, 15) is 9.59 Å². The zero-order chi connectivity index (χ0) is 23.8. The van der Waals surface area contributed by atoms with Crippen LogP contribution in [0.25, 0.3) is 16.2 Å². The average molecular weight is 515 g/mol. The predicted molar refractivity (Wildman–Crippen MR) is 133 cm³/mol. The molecule has 3 N–H and O–H groups in total. The summed E-state index contributed by atoms with van der Waals surface area (Å²) in [4.78, 5) is 32.4. The molecule has 3 aromatic heterocycles. The molecule has 34 heavy (non-hydrogen) atoms. The molecule has 0 unspecified atom stereocenters. The lowest BCUT2D eigenvalue weighted by molar-refractivity contribution is -0.121. The number of nitrogens with one attached hydrogen (secondary N) is 1. The number of nitrogens with zero attached hydrogens (tertiary/aromatic N) is 4. The maximum atomic E-state index is 13.0. The van der Waals surface area contributed by atoms with Gasteiger partial charge in [0.2, 0.25) is 5.91 Å². The van der Waals surface area contributed by atoms with Crippen LogP contribution in [0.3, 0.4) is 0 Å². The highest BCUT2D eigenvalue weighted by atomic mass is 35.5. The minimum absolute atomic E-state index is 0.182. The number of fused-ring (bicyclic) bond motifs is 1. The minimum atomic E-state index is -0.546. The molecular weight excluding hydrogens is 495 g/mol. The van der Waals surface area contributed by atoms with Crippen molar-refractivity contribution in [2.45, 2.75) is 25.4 Å². The van der Waals surface area contributed by atoms with E-state index < -0.39 is 11.9 Å². The second kappa shape index (κ2) is 9.25. The monoisotopic (exact) mass is 514 g/mol. The number of aromatic nitrogens is 3. The molecule has 1 aliphatic heterocycles. The van der Waals surface area contributed by atoms with Crippen LogP contribution in [0.4, 0.5) is 5.82 Å². The van der Waals surface area contributed by atoms with Crippen LogP contribution in [0, 0.1) is 0 Å². The van der Waals surface area contributed by atoms with Gasteiger partial charge in [0, 0.05) is 35.3 Å². The molecule has 1 atom stereocenters. The lowest BCUT2D eigenvalue weighted by Gasteiger charge is -2.21. The molecule has 1 fully saturated rings. The number of benzene rings is 1. The number of nitrogens with two attached hydrogens (primary N) is 1. The first-order chi connectivity index (χ1) is 16.4. The van der Waals surface area contributed by atoms with Gasteiger partial charge >= 0.3 is 0 Å². The zero-order valence-electron chi connectivity index (χ0n) is 17.9. The van der Waals surface area contributed by atoms with Gasteiger partial charge in [-0.15, -0.1) is 11.3 Å². The number of primary amides is 1. The van der Waals surface area contributed by atoms with Crippen molar-refractivity contribution >= 4 is 57.8 Å². The normalized spacial score (nSPS) is 15.7. The number of hydrogen-bond acceptors (Lipinski definition) is 6. The molecule has 8 nitrogen and oxygen atoms in total. The van der Waals surface area contributed by atoms with Crippen molar-refractivity contribution in [2.75, 3.05) is 11.9 Å². The van der Waals surface area contributed by atoms with E-state index in [4.69, 9.17) is 33.9 Å². The third-order valence-corrected chi connectivity index (χ3v) is 7.43. The number of carbonyl (C=O) groups is 2. The first kappa shape index (κ1) is 22.6. The van der Waals surface area contributed by atoms with E-state index in [0.717, 1.165) is 22.7 Å². The van der Waals surface area contributed by atoms with Crippen molar-refractivity contribution in [3.8, 4) is 10.6 Å². The van der Waals surface area contributed by atoms with Crippen LogP contribution in [0.2, 0.25) is 10.0 Å². The van der Waals surface area contributed by atoms with Gasteiger partial charge in [-0.3, -0.25) is 9.59 Å². The van der Waals surface area contributed by atoms with Crippen LogP contribution in [0.1, 0.15) is 28.1 Å². The van der Waals surface area contributed by atoms with E-state index in [0.29, 0.717) is 45.8 Å². The molecule has 174 valence electrons. The second-order valence-corrected chi connectivity index (χ2v) is 9.87. The van der Waals surface area contributed by atoms with E-state index in [1.54, 1.807) is 33.8 Å². The predicted octanol–water partition coefficient (Wildman–Crippen LogP) is 4.47. The highest BCUT2D eigenvalue weighted by Gasteiger charge is 2.33. The number of carbonyl (C=O) groups excluding carboxylic acids is 2. The molecule has 4 heterocycles. The molecule has 2 amide bonds. The van der Waals surface area contributed by atoms with Crippen LogP contribution in [-0.4, -0.2) is 43.9 Å². The van der Waals surface area contributed by atoms with Gasteiger partial charge in [0.15, 0.2) is 5.65 Å². The Balaban J connectivity index is 1.42.